The van der Waals surface area contributed by atoms with Gasteiger partial charge in [-0.05, 0) is 38.5 Å². The third-order valence-corrected chi connectivity index (χ3v) is 6.72. The third kappa shape index (κ3) is 5.27. The number of aromatic nitrogens is 2. The number of nitriles is 1. The predicted octanol–water partition coefficient (Wildman–Crippen LogP) is 2.08. The minimum atomic E-state index is -0.814. The van der Waals surface area contributed by atoms with Crippen LogP contribution >= 0.6 is 11.3 Å². The highest BCUT2D eigenvalue weighted by Crippen LogP contribution is 2.25. The third-order valence-electron chi connectivity index (χ3n) is 5.56. The Morgan fingerprint density at radius 2 is 2.09 bits per heavy atom. The van der Waals surface area contributed by atoms with E-state index in [1.807, 2.05) is 39.0 Å². The van der Waals surface area contributed by atoms with E-state index in [0.29, 0.717) is 24.3 Å². The predicted molar refractivity (Wildman–Crippen MR) is 121 cm³/mol. The number of hydrogen-bond acceptors (Lipinski definition) is 6. The summed E-state index contributed by atoms with van der Waals surface area (Å²) in [6.07, 6.45) is 3.05. The van der Waals surface area contributed by atoms with E-state index in [-0.39, 0.29) is 29.6 Å². The zero-order valence-corrected chi connectivity index (χ0v) is 19.9. The largest absolute Gasteiger partial charge is 0.356 e. The summed E-state index contributed by atoms with van der Waals surface area (Å²) in [4.78, 5) is 43.6. The molecule has 3 amide bonds. The standard InChI is InChI=1S/C22H30N6O3S/c1-12-11-25-21-28(12)13(2)17(32-21)20(31)27-16(9-22(3,4)5)19(30)26-15(10-23)8-14-6-7-24-18(14)29/h11,14-16H,6-9H2,1-5H3,(H,24,29)(H,26,30)(H,27,31)/t14-,15-,16-/m0/s1. The molecule has 3 heterocycles. The van der Waals surface area contributed by atoms with Gasteiger partial charge in [0.15, 0.2) is 4.96 Å². The number of nitrogens with zero attached hydrogens (tertiary/aromatic N) is 3. The lowest BCUT2D eigenvalue weighted by atomic mass is 9.87. The number of rotatable bonds is 7. The molecule has 0 aliphatic carbocycles. The molecule has 2 aromatic heterocycles. The summed E-state index contributed by atoms with van der Waals surface area (Å²) in [5.74, 6) is -1.14. The van der Waals surface area contributed by atoms with Crippen LogP contribution in [-0.2, 0) is 9.59 Å². The molecule has 3 atom stereocenters. The number of imidazole rings is 1. The lowest BCUT2D eigenvalue weighted by molar-refractivity contribution is -0.125. The van der Waals surface area contributed by atoms with Crippen LogP contribution in [0.5, 0.6) is 0 Å². The van der Waals surface area contributed by atoms with E-state index >= 15 is 0 Å². The molecule has 0 saturated carbocycles. The highest BCUT2D eigenvalue weighted by molar-refractivity contribution is 7.19. The fourth-order valence-electron chi connectivity index (χ4n) is 3.99. The van der Waals surface area contributed by atoms with Crippen molar-refractivity contribution in [3.8, 4) is 6.07 Å². The monoisotopic (exact) mass is 458 g/mol. The number of amides is 3. The number of carbonyl (C=O) groups is 3. The molecular formula is C22H30N6O3S. The van der Waals surface area contributed by atoms with Crippen LogP contribution in [0.4, 0.5) is 0 Å². The number of carbonyl (C=O) groups excluding carboxylic acids is 3. The fourth-order valence-corrected chi connectivity index (χ4v) is 5.04. The summed E-state index contributed by atoms with van der Waals surface area (Å²) < 4.78 is 1.91. The second-order valence-corrected chi connectivity index (χ2v) is 10.5. The first kappa shape index (κ1) is 23.7. The Kier molecular flexibility index (Phi) is 6.88. The molecule has 2 aromatic rings. The molecule has 0 aromatic carbocycles. The molecule has 9 nitrogen and oxygen atoms in total. The molecule has 0 radical (unpaired) electrons. The van der Waals surface area contributed by atoms with Crippen LogP contribution in [0.1, 0.15) is 61.1 Å². The fraction of sp³-hybridized carbons (Fsp3) is 0.591. The molecule has 1 aliphatic rings. The van der Waals surface area contributed by atoms with Crippen LogP contribution in [0.15, 0.2) is 6.20 Å². The summed E-state index contributed by atoms with van der Waals surface area (Å²) in [6.45, 7) is 10.3. The summed E-state index contributed by atoms with van der Waals surface area (Å²) >= 11 is 1.28. The van der Waals surface area contributed by atoms with Crippen molar-refractivity contribution < 1.29 is 14.4 Å². The lowest BCUT2D eigenvalue weighted by Gasteiger charge is -2.27. The number of hydrogen-bond donors (Lipinski definition) is 3. The number of thiazole rings is 1. The van der Waals surface area contributed by atoms with Gasteiger partial charge in [0.1, 0.15) is 17.0 Å². The van der Waals surface area contributed by atoms with E-state index in [2.05, 4.69) is 27.0 Å². The van der Waals surface area contributed by atoms with Gasteiger partial charge in [-0.2, -0.15) is 5.26 Å². The summed E-state index contributed by atoms with van der Waals surface area (Å²) in [6, 6.07) is 0.464. The van der Waals surface area contributed by atoms with Gasteiger partial charge in [-0.15, -0.1) is 0 Å². The molecule has 0 spiro atoms. The quantitative estimate of drug-likeness (QED) is 0.585. The Bertz CT molecular complexity index is 1070. The Morgan fingerprint density at radius 1 is 1.38 bits per heavy atom. The van der Waals surface area contributed by atoms with E-state index in [1.165, 1.54) is 11.3 Å². The van der Waals surface area contributed by atoms with E-state index in [4.69, 9.17) is 0 Å². The Balaban J connectivity index is 1.75. The van der Waals surface area contributed by atoms with Gasteiger partial charge in [-0.1, -0.05) is 32.1 Å². The molecule has 10 heteroatoms. The van der Waals surface area contributed by atoms with Crippen molar-refractivity contribution in [3.05, 3.63) is 22.5 Å². The van der Waals surface area contributed by atoms with Crippen molar-refractivity contribution in [1.29, 1.82) is 5.26 Å². The van der Waals surface area contributed by atoms with Gasteiger partial charge in [0.25, 0.3) is 5.91 Å². The highest BCUT2D eigenvalue weighted by atomic mass is 32.1. The van der Waals surface area contributed by atoms with Crippen molar-refractivity contribution in [2.24, 2.45) is 11.3 Å². The molecule has 0 bridgehead atoms. The van der Waals surface area contributed by atoms with Crippen LogP contribution in [0.3, 0.4) is 0 Å². The van der Waals surface area contributed by atoms with Crippen molar-refractivity contribution in [3.63, 3.8) is 0 Å². The first-order valence-corrected chi connectivity index (χ1v) is 11.5. The van der Waals surface area contributed by atoms with Gasteiger partial charge in [0.2, 0.25) is 11.8 Å². The smallest absolute Gasteiger partial charge is 0.263 e. The molecule has 1 fully saturated rings. The van der Waals surface area contributed by atoms with Gasteiger partial charge in [0, 0.05) is 30.0 Å². The zero-order valence-electron chi connectivity index (χ0n) is 19.1. The lowest BCUT2D eigenvalue weighted by Crippen LogP contribution is -2.51. The number of fused-ring (bicyclic) bond motifs is 1. The molecule has 3 N–H and O–H groups in total. The zero-order chi connectivity index (χ0) is 23.6. The maximum absolute atomic E-state index is 13.1. The van der Waals surface area contributed by atoms with E-state index < -0.39 is 18.0 Å². The van der Waals surface area contributed by atoms with E-state index in [0.717, 1.165) is 16.3 Å². The minimum Gasteiger partial charge on any atom is -0.356 e. The van der Waals surface area contributed by atoms with E-state index in [9.17, 15) is 19.6 Å². The van der Waals surface area contributed by atoms with Gasteiger partial charge in [-0.3, -0.25) is 18.8 Å². The van der Waals surface area contributed by atoms with Gasteiger partial charge in [0.05, 0.1) is 6.07 Å². The normalized spacial score (nSPS) is 18.1. The van der Waals surface area contributed by atoms with Crippen LogP contribution in [0.25, 0.3) is 4.96 Å². The maximum atomic E-state index is 13.1. The number of aryl methyl sites for hydroxylation is 2. The molecule has 0 unspecified atom stereocenters. The molecule has 1 saturated heterocycles. The second kappa shape index (κ2) is 9.28. The van der Waals surface area contributed by atoms with Crippen molar-refractivity contribution in [2.75, 3.05) is 6.54 Å². The summed E-state index contributed by atoms with van der Waals surface area (Å²) in [5, 5.41) is 17.9. The van der Waals surface area contributed by atoms with Crippen molar-refractivity contribution in [2.45, 2.75) is 66.0 Å². The van der Waals surface area contributed by atoms with Crippen LogP contribution in [-0.4, -0.2) is 45.7 Å². The molecule has 32 heavy (non-hydrogen) atoms. The van der Waals surface area contributed by atoms with Crippen molar-refractivity contribution >= 4 is 34.0 Å². The van der Waals surface area contributed by atoms with Crippen molar-refractivity contribution in [1.82, 2.24) is 25.3 Å². The van der Waals surface area contributed by atoms with Crippen LogP contribution in [0.2, 0.25) is 0 Å². The number of nitrogens with one attached hydrogen (secondary N) is 3. The van der Waals surface area contributed by atoms with E-state index in [1.54, 1.807) is 6.20 Å². The average molecular weight is 459 g/mol. The van der Waals surface area contributed by atoms with Gasteiger partial charge >= 0.3 is 0 Å². The summed E-state index contributed by atoms with van der Waals surface area (Å²) in [5.41, 5.74) is 1.47. The Labute approximate surface area is 191 Å². The van der Waals surface area contributed by atoms with Gasteiger partial charge < -0.3 is 16.0 Å². The molecule has 3 rings (SSSR count). The van der Waals surface area contributed by atoms with Gasteiger partial charge in [-0.25, -0.2) is 4.98 Å². The SMILES string of the molecule is Cc1cnc2sc(C(=O)N[C@@H](CC(C)(C)C)C(=O)N[C@H](C#N)C[C@@H]3CCNC3=O)c(C)n12. The minimum absolute atomic E-state index is 0.0903. The molecule has 1 aliphatic heterocycles. The first-order valence-electron chi connectivity index (χ1n) is 10.7. The average Bonchev–Trinajstić information content (AvgIpc) is 3.37. The highest BCUT2D eigenvalue weighted by Gasteiger charge is 2.32. The first-order chi connectivity index (χ1) is 15.0. The second-order valence-electron chi connectivity index (χ2n) is 9.53. The molecular weight excluding hydrogens is 428 g/mol. The van der Waals surface area contributed by atoms with Crippen LogP contribution < -0.4 is 16.0 Å². The maximum Gasteiger partial charge on any atom is 0.263 e. The topological polar surface area (TPSA) is 128 Å². The Hall–Kier alpha value is -2.93. The Morgan fingerprint density at radius 3 is 2.66 bits per heavy atom. The molecule has 172 valence electrons. The van der Waals surface area contributed by atoms with Crippen LogP contribution in [0, 0.1) is 36.5 Å². The summed E-state index contributed by atoms with van der Waals surface area (Å²) in [7, 11) is 0.